The zero-order chi connectivity index (χ0) is 13.2. The van der Waals surface area contributed by atoms with Crippen molar-refractivity contribution in [3.05, 3.63) is 53.0 Å². The minimum absolute atomic E-state index is 0.578. The Morgan fingerprint density at radius 3 is 2.58 bits per heavy atom. The van der Waals surface area contributed by atoms with E-state index < -0.39 is 0 Å². The minimum atomic E-state index is 0.578. The predicted molar refractivity (Wildman–Crippen MR) is 82.3 cm³/mol. The number of thiazole rings is 1. The first kappa shape index (κ1) is 12.3. The van der Waals surface area contributed by atoms with Gasteiger partial charge in [-0.3, -0.25) is 0 Å². The first-order chi connectivity index (χ1) is 9.31. The Kier molecular flexibility index (Phi) is 3.32. The average Bonchev–Trinajstić information content (AvgIpc) is 2.90. The highest BCUT2D eigenvalue weighted by atomic mass is 32.1. The quantitative estimate of drug-likeness (QED) is 0.780. The summed E-state index contributed by atoms with van der Waals surface area (Å²) in [7, 11) is 0. The molecule has 0 aliphatic rings. The Morgan fingerprint density at radius 1 is 1.11 bits per heavy atom. The molecule has 0 saturated carbocycles. The molecule has 2 aromatic carbocycles. The second-order valence-corrected chi connectivity index (χ2v) is 5.59. The van der Waals surface area contributed by atoms with Gasteiger partial charge in [-0.1, -0.05) is 43.3 Å². The van der Waals surface area contributed by atoms with Gasteiger partial charge in [-0.2, -0.15) is 0 Å². The van der Waals surface area contributed by atoms with E-state index in [4.69, 9.17) is 10.7 Å². The molecule has 3 aromatic rings. The van der Waals surface area contributed by atoms with Crippen LogP contribution in [-0.2, 0) is 13.0 Å². The molecule has 0 amide bonds. The Hall–Kier alpha value is -1.71. The third-order valence-corrected chi connectivity index (χ3v) is 4.46. The van der Waals surface area contributed by atoms with Crippen molar-refractivity contribution in [3.8, 4) is 10.6 Å². The molecule has 0 fully saturated rings. The van der Waals surface area contributed by atoms with Crippen LogP contribution in [0.3, 0.4) is 0 Å². The van der Waals surface area contributed by atoms with Gasteiger partial charge in [0.05, 0.1) is 5.69 Å². The maximum atomic E-state index is 5.78. The Balaban J connectivity index is 2.10. The molecule has 0 spiro atoms. The van der Waals surface area contributed by atoms with Crippen molar-refractivity contribution in [2.75, 3.05) is 0 Å². The Morgan fingerprint density at radius 2 is 1.89 bits per heavy atom. The number of fused-ring (bicyclic) bond motifs is 1. The topological polar surface area (TPSA) is 38.9 Å². The summed E-state index contributed by atoms with van der Waals surface area (Å²) in [6.45, 7) is 2.70. The van der Waals surface area contributed by atoms with Crippen molar-refractivity contribution in [1.82, 2.24) is 4.98 Å². The molecule has 2 N–H and O–H groups in total. The van der Waals surface area contributed by atoms with Crippen molar-refractivity contribution in [1.29, 1.82) is 0 Å². The lowest BCUT2D eigenvalue weighted by Gasteiger charge is -2.00. The predicted octanol–water partition coefficient (Wildman–Crippen LogP) is 3.98. The monoisotopic (exact) mass is 268 g/mol. The SMILES string of the molecule is CCc1nc(-c2ccc3ccccc3c2)sc1CN. The largest absolute Gasteiger partial charge is 0.326 e. The summed E-state index contributed by atoms with van der Waals surface area (Å²) < 4.78 is 0. The van der Waals surface area contributed by atoms with Crippen molar-refractivity contribution in [2.24, 2.45) is 5.73 Å². The van der Waals surface area contributed by atoms with Crippen LogP contribution in [0.4, 0.5) is 0 Å². The average molecular weight is 268 g/mol. The maximum absolute atomic E-state index is 5.78. The zero-order valence-electron chi connectivity index (χ0n) is 10.9. The van der Waals surface area contributed by atoms with Gasteiger partial charge in [0.15, 0.2) is 0 Å². The third-order valence-electron chi connectivity index (χ3n) is 3.29. The number of rotatable bonds is 3. The van der Waals surface area contributed by atoms with E-state index in [1.165, 1.54) is 21.2 Å². The maximum Gasteiger partial charge on any atom is 0.123 e. The van der Waals surface area contributed by atoms with E-state index in [9.17, 15) is 0 Å². The number of aromatic nitrogens is 1. The fourth-order valence-corrected chi connectivity index (χ4v) is 3.29. The normalized spacial score (nSPS) is 11.1. The number of hydrogen-bond acceptors (Lipinski definition) is 3. The lowest BCUT2D eigenvalue weighted by molar-refractivity contribution is 0.989. The number of nitrogens with zero attached hydrogens (tertiary/aromatic N) is 1. The molecule has 0 saturated heterocycles. The first-order valence-electron chi connectivity index (χ1n) is 6.49. The van der Waals surface area contributed by atoms with Crippen LogP contribution in [0.2, 0.25) is 0 Å². The molecule has 19 heavy (non-hydrogen) atoms. The fourth-order valence-electron chi connectivity index (χ4n) is 2.26. The van der Waals surface area contributed by atoms with Crippen molar-refractivity contribution >= 4 is 22.1 Å². The molecule has 1 aromatic heterocycles. The molecule has 0 atom stereocenters. The van der Waals surface area contributed by atoms with Gasteiger partial charge in [-0.25, -0.2) is 4.98 Å². The summed E-state index contributed by atoms with van der Waals surface area (Å²) in [6, 6.07) is 14.9. The van der Waals surface area contributed by atoms with Crippen LogP contribution in [0.25, 0.3) is 21.3 Å². The van der Waals surface area contributed by atoms with E-state index in [2.05, 4.69) is 49.4 Å². The van der Waals surface area contributed by atoms with E-state index >= 15 is 0 Å². The van der Waals surface area contributed by atoms with Crippen LogP contribution in [0.15, 0.2) is 42.5 Å². The van der Waals surface area contributed by atoms with Gasteiger partial charge >= 0.3 is 0 Å². The third kappa shape index (κ3) is 2.27. The molecule has 96 valence electrons. The first-order valence-corrected chi connectivity index (χ1v) is 7.31. The number of benzene rings is 2. The molecule has 0 radical (unpaired) electrons. The number of aryl methyl sites for hydroxylation is 1. The second kappa shape index (κ2) is 5.11. The van der Waals surface area contributed by atoms with E-state index in [1.54, 1.807) is 11.3 Å². The Bertz CT molecular complexity index is 694. The van der Waals surface area contributed by atoms with Gasteiger partial charge in [0.1, 0.15) is 5.01 Å². The molecule has 0 aliphatic carbocycles. The standard InChI is InChI=1S/C16H16N2S/c1-2-14-15(10-17)19-16(18-14)13-8-7-11-5-3-4-6-12(11)9-13/h3-9H,2,10,17H2,1H3. The number of hydrogen-bond donors (Lipinski definition) is 1. The summed E-state index contributed by atoms with van der Waals surface area (Å²) in [6.07, 6.45) is 0.941. The zero-order valence-corrected chi connectivity index (χ0v) is 11.7. The van der Waals surface area contributed by atoms with Crippen LogP contribution in [0.5, 0.6) is 0 Å². The van der Waals surface area contributed by atoms with Gasteiger partial charge < -0.3 is 5.73 Å². The van der Waals surface area contributed by atoms with Crippen molar-refractivity contribution < 1.29 is 0 Å². The molecule has 0 unspecified atom stereocenters. The minimum Gasteiger partial charge on any atom is -0.326 e. The van der Waals surface area contributed by atoms with Gasteiger partial charge in [-0.15, -0.1) is 11.3 Å². The molecule has 0 bridgehead atoms. The molecular weight excluding hydrogens is 252 g/mol. The summed E-state index contributed by atoms with van der Waals surface area (Å²) >= 11 is 1.71. The fraction of sp³-hybridized carbons (Fsp3) is 0.188. The lowest BCUT2D eigenvalue weighted by atomic mass is 10.1. The molecule has 0 aliphatic heterocycles. The smallest absolute Gasteiger partial charge is 0.123 e. The molecule has 1 heterocycles. The van der Waals surface area contributed by atoms with Crippen LogP contribution < -0.4 is 5.73 Å². The van der Waals surface area contributed by atoms with E-state index in [0.717, 1.165) is 17.1 Å². The lowest BCUT2D eigenvalue weighted by Crippen LogP contribution is -1.96. The van der Waals surface area contributed by atoms with E-state index in [0.29, 0.717) is 6.54 Å². The van der Waals surface area contributed by atoms with Crippen molar-refractivity contribution in [3.63, 3.8) is 0 Å². The molecular formula is C16H16N2S. The molecule has 2 nitrogen and oxygen atoms in total. The summed E-state index contributed by atoms with van der Waals surface area (Å²) in [5.74, 6) is 0. The summed E-state index contributed by atoms with van der Waals surface area (Å²) in [4.78, 5) is 5.91. The number of nitrogens with two attached hydrogens (primary N) is 1. The van der Waals surface area contributed by atoms with Gasteiger partial charge in [0.25, 0.3) is 0 Å². The van der Waals surface area contributed by atoms with E-state index in [-0.39, 0.29) is 0 Å². The highest BCUT2D eigenvalue weighted by Crippen LogP contribution is 2.30. The van der Waals surface area contributed by atoms with Gasteiger partial charge in [0, 0.05) is 17.0 Å². The van der Waals surface area contributed by atoms with Crippen LogP contribution in [0, 0.1) is 0 Å². The highest BCUT2D eigenvalue weighted by Gasteiger charge is 2.10. The van der Waals surface area contributed by atoms with Gasteiger partial charge in [-0.05, 0) is 23.3 Å². The van der Waals surface area contributed by atoms with Crippen LogP contribution >= 0.6 is 11.3 Å². The van der Waals surface area contributed by atoms with Crippen molar-refractivity contribution in [2.45, 2.75) is 19.9 Å². The van der Waals surface area contributed by atoms with Gasteiger partial charge in [0.2, 0.25) is 0 Å². The summed E-state index contributed by atoms with van der Waals surface area (Å²) in [5, 5.41) is 3.59. The Labute approximate surface area is 116 Å². The molecule has 3 rings (SSSR count). The molecule has 3 heteroatoms. The highest BCUT2D eigenvalue weighted by molar-refractivity contribution is 7.15. The van der Waals surface area contributed by atoms with Crippen LogP contribution in [-0.4, -0.2) is 4.98 Å². The second-order valence-electron chi connectivity index (χ2n) is 4.51. The van der Waals surface area contributed by atoms with Crippen LogP contribution in [0.1, 0.15) is 17.5 Å². The summed E-state index contributed by atoms with van der Waals surface area (Å²) in [5.41, 5.74) is 8.09. The van der Waals surface area contributed by atoms with E-state index in [1.807, 2.05) is 0 Å².